The molecule has 0 N–H and O–H groups in total. The Morgan fingerprint density at radius 1 is 1.40 bits per heavy atom. The molecule has 1 aromatic carbocycles. The zero-order valence-electron chi connectivity index (χ0n) is 8.31. The maximum Gasteiger partial charge on any atom is 0.0938 e. The summed E-state index contributed by atoms with van der Waals surface area (Å²) in [6, 6.07) is 7.89. The molecule has 0 fully saturated rings. The molecule has 0 saturated carbocycles. The van der Waals surface area contributed by atoms with E-state index in [1.165, 1.54) is 6.08 Å². The topological polar surface area (TPSA) is 49.6 Å². The fourth-order valence-electron chi connectivity index (χ4n) is 1.54. The molecule has 2 rings (SSSR count). The molecule has 0 radical (unpaired) electrons. The van der Waals surface area contributed by atoms with Gasteiger partial charge in [-0.15, -0.1) is 0 Å². The van der Waals surface area contributed by atoms with Crippen molar-refractivity contribution in [3.8, 4) is 6.07 Å². The van der Waals surface area contributed by atoms with Crippen LogP contribution in [0.3, 0.4) is 0 Å². The van der Waals surface area contributed by atoms with Crippen molar-refractivity contribution in [1.29, 1.82) is 5.26 Å². The van der Waals surface area contributed by atoms with Crippen molar-refractivity contribution in [2.24, 2.45) is 0 Å². The predicted octanol–water partition coefficient (Wildman–Crippen LogP) is 2.48. The van der Waals surface area contributed by atoms with Gasteiger partial charge in [0, 0.05) is 11.5 Å². The maximum atomic E-state index is 8.50. The lowest BCUT2D eigenvalue weighted by Crippen LogP contribution is -1.86. The maximum absolute atomic E-state index is 8.50. The lowest BCUT2D eigenvalue weighted by atomic mass is 10.1. The van der Waals surface area contributed by atoms with Crippen molar-refractivity contribution in [3.63, 3.8) is 0 Å². The van der Waals surface area contributed by atoms with E-state index in [4.69, 9.17) is 5.26 Å². The van der Waals surface area contributed by atoms with Crippen LogP contribution in [-0.2, 0) is 0 Å². The van der Waals surface area contributed by atoms with Crippen molar-refractivity contribution >= 4 is 17.0 Å². The fourth-order valence-corrected chi connectivity index (χ4v) is 1.54. The molecule has 0 aliphatic heterocycles. The monoisotopic (exact) mass is 195 g/mol. The van der Waals surface area contributed by atoms with Gasteiger partial charge in [-0.25, -0.2) is 0 Å². The molecule has 3 heteroatoms. The minimum atomic E-state index is 0.857. The van der Waals surface area contributed by atoms with Gasteiger partial charge in [0.15, 0.2) is 0 Å². The van der Waals surface area contributed by atoms with Crippen LogP contribution in [-0.4, -0.2) is 10.2 Å². The SMILES string of the molecule is Cc1cc(C=CC#N)c2ccnnc2c1. The van der Waals surface area contributed by atoms with Crippen LogP contribution < -0.4 is 0 Å². The minimum Gasteiger partial charge on any atom is -0.193 e. The van der Waals surface area contributed by atoms with Crippen LogP contribution in [0.4, 0.5) is 0 Å². The normalized spacial score (nSPS) is 10.7. The van der Waals surface area contributed by atoms with Gasteiger partial charge in [-0.3, -0.25) is 0 Å². The lowest BCUT2D eigenvalue weighted by molar-refractivity contribution is 1.07. The first-order valence-electron chi connectivity index (χ1n) is 4.59. The Morgan fingerprint density at radius 3 is 3.07 bits per heavy atom. The quantitative estimate of drug-likeness (QED) is 0.657. The molecule has 0 saturated heterocycles. The zero-order chi connectivity index (χ0) is 10.7. The molecule has 0 amide bonds. The van der Waals surface area contributed by atoms with E-state index < -0.39 is 0 Å². The number of hydrogen-bond acceptors (Lipinski definition) is 3. The molecule has 3 nitrogen and oxygen atoms in total. The van der Waals surface area contributed by atoms with Crippen LogP contribution in [0, 0.1) is 18.3 Å². The second-order valence-electron chi connectivity index (χ2n) is 3.28. The summed E-state index contributed by atoms with van der Waals surface area (Å²) < 4.78 is 0. The minimum absolute atomic E-state index is 0.857. The number of nitrogens with zero attached hydrogens (tertiary/aromatic N) is 3. The second-order valence-corrected chi connectivity index (χ2v) is 3.28. The van der Waals surface area contributed by atoms with Gasteiger partial charge in [0.1, 0.15) is 0 Å². The van der Waals surface area contributed by atoms with Crippen molar-refractivity contribution in [2.45, 2.75) is 6.92 Å². The van der Waals surface area contributed by atoms with E-state index in [-0.39, 0.29) is 0 Å². The van der Waals surface area contributed by atoms with E-state index in [0.29, 0.717) is 0 Å². The Balaban J connectivity index is 2.72. The Kier molecular flexibility index (Phi) is 2.42. The number of hydrogen-bond donors (Lipinski definition) is 0. The van der Waals surface area contributed by atoms with Crippen molar-refractivity contribution in [1.82, 2.24) is 10.2 Å². The molecule has 0 atom stereocenters. The van der Waals surface area contributed by atoms with Gasteiger partial charge in [-0.2, -0.15) is 15.5 Å². The Morgan fingerprint density at radius 2 is 2.27 bits per heavy atom. The van der Waals surface area contributed by atoms with Crippen LogP contribution in [0.1, 0.15) is 11.1 Å². The van der Waals surface area contributed by atoms with Gasteiger partial charge in [0.05, 0.1) is 17.8 Å². The fraction of sp³-hybridized carbons (Fsp3) is 0.0833. The number of nitriles is 1. The largest absolute Gasteiger partial charge is 0.193 e. The van der Waals surface area contributed by atoms with Crippen molar-refractivity contribution < 1.29 is 0 Å². The Hall–Kier alpha value is -2.21. The molecular weight excluding hydrogens is 186 g/mol. The molecule has 0 aliphatic rings. The number of fused-ring (bicyclic) bond motifs is 1. The molecule has 1 aromatic heterocycles. The summed E-state index contributed by atoms with van der Waals surface area (Å²) in [5, 5.41) is 17.4. The van der Waals surface area contributed by atoms with Gasteiger partial charge in [0.25, 0.3) is 0 Å². The summed E-state index contributed by atoms with van der Waals surface area (Å²) in [7, 11) is 0. The molecule has 0 spiro atoms. The van der Waals surface area contributed by atoms with Crippen molar-refractivity contribution in [2.75, 3.05) is 0 Å². The van der Waals surface area contributed by atoms with Crippen LogP contribution in [0.15, 0.2) is 30.5 Å². The van der Waals surface area contributed by atoms with Crippen LogP contribution >= 0.6 is 0 Å². The van der Waals surface area contributed by atoms with Gasteiger partial charge in [-0.05, 0) is 36.3 Å². The number of aryl methyl sites for hydroxylation is 1. The molecule has 15 heavy (non-hydrogen) atoms. The summed E-state index contributed by atoms with van der Waals surface area (Å²) in [6.07, 6.45) is 4.91. The number of aromatic nitrogens is 2. The number of rotatable bonds is 1. The first-order valence-corrected chi connectivity index (χ1v) is 4.59. The summed E-state index contributed by atoms with van der Waals surface area (Å²) in [5.41, 5.74) is 2.97. The average molecular weight is 195 g/mol. The van der Waals surface area contributed by atoms with Crippen molar-refractivity contribution in [3.05, 3.63) is 41.6 Å². The van der Waals surface area contributed by atoms with E-state index >= 15 is 0 Å². The molecule has 0 unspecified atom stereocenters. The molecule has 0 aliphatic carbocycles. The highest BCUT2D eigenvalue weighted by atomic mass is 15.1. The van der Waals surface area contributed by atoms with E-state index in [2.05, 4.69) is 10.2 Å². The first kappa shape index (κ1) is 9.35. The van der Waals surface area contributed by atoms with E-state index in [9.17, 15) is 0 Å². The van der Waals surface area contributed by atoms with E-state index in [0.717, 1.165) is 22.0 Å². The summed E-state index contributed by atoms with van der Waals surface area (Å²) in [6.45, 7) is 2.00. The number of benzene rings is 1. The second kappa shape index (κ2) is 3.89. The third-order valence-electron chi connectivity index (χ3n) is 2.15. The Bertz CT molecular complexity index is 565. The molecular formula is C12H9N3. The number of allylic oxidation sites excluding steroid dienone is 1. The van der Waals surface area contributed by atoms with E-state index in [1.54, 1.807) is 12.3 Å². The van der Waals surface area contributed by atoms with Gasteiger partial charge < -0.3 is 0 Å². The third-order valence-corrected chi connectivity index (χ3v) is 2.15. The van der Waals surface area contributed by atoms with Gasteiger partial charge in [0.2, 0.25) is 0 Å². The molecule has 72 valence electrons. The van der Waals surface area contributed by atoms with E-state index in [1.807, 2.05) is 31.2 Å². The molecule has 2 aromatic rings. The molecule has 0 bridgehead atoms. The van der Waals surface area contributed by atoms with Gasteiger partial charge in [-0.1, -0.05) is 6.07 Å². The first-order chi connectivity index (χ1) is 7.31. The third kappa shape index (κ3) is 1.84. The van der Waals surface area contributed by atoms with Crippen LogP contribution in [0.25, 0.3) is 17.0 Å². The zero-order valence-corrected chi connectivity index (χ0v) is 8.31. The van der Waals surface area contributed by atoms with Gasteiger partial charge >= 0.3 is 0 Å². The van der Waals surface area contributed by atoms with Crippen LogP contribution in [0.2, 0.25) is 0 Å². The summed E-state index contributed by atoms with van der Waals surface area (Å²) in [4.78, 5) is 0. The lowest BCUT2D eigenvalue weighted by Gasteiger charge is -2.02. The predicted molar refractivity (Wildman–Crippen MR) is 58.9 cm³/mol. The Labute approximate surface area is 87.7 Å². The smallest absolute Gasteiger partial charge is 0.0938 e. The average Bonchev–Trinajstić information content (AvgIpc) is 2.25. The summed E-state index contributed by atoms with van der Waals surface area (Å²) in [5.74, 6) is 0. The standard InChI is InChI=1S/C12H9N3/c1-9-7-10(3-2-5-13)11-4-6-14-15-12(11)8-9/h2-4,6-8H,1H3. The summed E-state index contributed by atoms with van der Waals surface area (Å²) >= 11 is 0. The highest BCUT2D eigenvalue weighted by Crippen LogP contribution is 2.19. The molecule has 1 heterocycles. The highest BCUT2D eigenvalue weighted by molar-refractivity contribution is 5.88. The highest BCUT2D eigenvalue weighted by Gasteiger charge is 2.00. The van der Waals surface area contributed by atoms with Crippen LogP contribution in [0.5, 0.6) is 0 Å².